The Balaban J connectivity index is 3.04. The van der Waals surface area contributed by atoms with E-state index in [-0.39, 0.29) is 10.6 Å². The van der Waals surface area contributed by atoms with Gasteiger partial charge in [0.2, 0.25) is 0 Å². The zero-order valence-corrected chi connectivity index (χ0v) is 8.51. The molecule has 2 N–H and O–H groups in total. The average molecular weight is 251 g/mol. The van der Waals surface area contributed by atoms with Crippen LogP contribution in [-0.4, -0.2) is 6.36 Å². The van der Waals surface area contributed by atoms with Gasteiger partial charge in [0.25, 0.3) is 0 Å². The summed E-state index contributed by atoms with van der Waals surface area (Å²) >= 11 is 5.57. The first kappa shape index (κ1) is 12.6. The van der Waals surface area contributed by atoms with Gasteiger partial charge in [-0.1, -0.05) is 11.6 Å². The lowest BCUT2D eigenvalue weighted by Crippen LogP contribution is -2.17. The molecular weight excluding hydrogens is 245 g/mol. The van der Waals surface area contributed by atoms with Crippen molar-refractivity contribution in [1.82, 2.24) is 0 Å². The van der Waals surface area contributed by atoms with Crippen molar-refractivity contribution in [2.75, 3.05) is 0 Å². The topological polar surface area (TPSA) is 59.0 Å². The van der Waals surface area contributed by atoms with Gasteiger partial charge in [0.05, 0.1) is 6.07 Å². The number of halogens is 4. The summed E-state index contributed by atoms with van der Waals surface area (Å²) < 4.78 is 39.4. The van der Waals surface area contributed by atoms with Gasteiger partial charge < -0.3 is 10.5 Å². The van der Waals surface area contributed by atoms with Crippen molar-refractivity contribution in [2.24, 2.45) is 5.73 Å². The Hall–Kier alpha value is -1.45. The Morgan fingerprint density at radius 3 is 2.50 bits per heavy atom. The van der Waals surface area contributed by atoms with Gasteiger partial charge in [-0.25, -0.2) is 0 Å². The quantitative estimate of drug-likeness (QED) is 0.878. The standard InChI is InChI=1S/C9H6ClF3N2O/c10-6-1-5(8(15)4-14)2-7(3-6)16-9(11,12)13/h1-3,8H,15H2. The molecule has 16 heavy (non-hydrogen) atoms. The number of alkyl halides is 3. The zero-order valence-electron chi connectivity index (χ0n) is 7.75. The van der Waals surface area contributed by atoms with E-state index in [0.29, 0.717) is 0 Å². The van der Waals surface area contributed by atoms with Crippen LogP contribution in [0.5, 0.6) is 5.75 Å². The van der Waals surface area contributed by atoms with Gasteiger partial charge in [-0.05, 0) is 23.8 Å². The molecule has 0 spiro atoms. The average Bonchev–Trinajstić information content (AvgIpc) is 2.12. The van der Waals surface area contributed by atoms with Gasteiger partial charge in [-0.3, -0.25) is 0 Å². The molecule has 7 heteroatoms. The van der Waals surface area contributed by atoms with Crippen LogP contribution in [0, 0.1) is 11.3 Å². The van der Waals surface area contributed by atoms with Crippen molar-refractivity contribution >= 4 is 11.6 Å². The van der Waals surface area contributed by atoms with E-state index in [1.54, 1.807) is 6.07 Å². The highest BCUT2D eigenvalue weighted by Crippen LogP contribution is 2.28. The van der Waals surface area contributed by atoms with Gasteiger partial charge in [0.1, 0.15) is 11.8 Å². The third kappa shape index (κ3) is 3.61. The Bertz CT molecular complexity index is 428. The lowest BCUT2D eigenvalue weighted by Gasteiger charge is -2.11. The van der Waals surface area contributed by atoms with Crippen LogP contribution >= 0.6 is 11.6 Å². The predicted molar refractivity (Wildman–Crippen MR) is 50.7 cm³/mol. The maximum absolute atomic E-state index is 11.9. The van der Waals surface area contributed by atoms with Crippen molar-refractivity contribution in [3.8, 4) is 11.8 Å². The number of ether oxygens (including phenoxy) is 1. The molecule has 0 saturated carbocycles. The third-order valence-electron chi connectivity index (χ3n) is 1.63. The van der Waals surface area contributed by atoms with E-state index in [1.807, 2.05) is 0 Å². The summed E-state index contributed by atoms with van der Waals surface area (Å²) in [4.78, 5) is 0. The highest BCUT2D eigenvalue weighted by Gasteiger charge is 2.31. The first-order valence-electron chi connectivity index (χ1n) is 4.03. The van der Waals surface area contributed by atoms with E-state index < -0.39 is 18.2 Å². The van der Waals surface area contributed by atoms with Crippen LogP contribution in [0.4, 0.5) is 13.2 Å². The van der Waals surface area contributed by atoms with Crippen LogP contribution in [0.1, 0.15) is 11.6 Å². The fraction of sp³-hybridized carbons (Fsp3) is 0.222. The maximum Gasteiger partial charge on any atom is 0.573 e. The summed E-state index contributed by atoms with van der Waals surface area (Å²) in [7, 11) is 0. The second-order valence-corrected chi connectivity index (χ2v) is 3.31. The molecule has 1 rings (SSSR count). The van der Waals surface area contributed by atoms with Crippen molar-refractivity contribution in [1.29, 1.82) is 5.26 Å². The van der Waals surface area contributed by atoms with Crippen molar-refractivity contribution in [2.45, 2.75) is 12.4 Å². The van der Waals surface area contributed by atoms with E-state index in [0.717, 1.165) is 12.1 Å². The molecule has 0 aliphatic rings. The molecular formula is C9H6ClF3N2O. The fourth-order valence-corrected chi connectivity index (χ4v) is 1.26. The monoisotopic (exact) mass is 250 g/mol. The lowest BCUT2D eigenvalue weighted by molar-refractivity contribution is -0.274. The van der Waals surface area contributed by atoms with Gasteiger partial charge in [-0.2, -0.15) is 5.26 Å². The van der Waals surface area contributed by atoms with E-state index in [4.69, 9.17) is 22.6 Å². The molecule has 0 aromatic heterocycles. The van der Waals surface area contributed by atoms with Crippen molar-refractivity contribution in [3.05, 3.63) is 28.8 Å². The predicted octanol–water partition coefficient (Wildman–Crippen LogP) is 2.76. The normalized spacial score (nSPS) is 13.0. The fourth-order valence-electron chi connectivity index (χ4n) is 1.03. The lowest BCUT2D eigenvalue weighted by atomic mass is 10.1. The van der Waals surface area contributed by atoms with Crippen LogP contribution in [-0.2, 0) is 0 Å². The molecule has 1 unspecified atom stereocenters. The largest absolute Gasteiger partial charge is 0.573 e. The molecule has 0 aliphatic heterocycles. The molecule has 0 aliphatic carbocycles. The van der Waals surface area contributed by atoms with E-state index in [1.165, 1.54) is 6.07 Å². The van der Waals surface area contributed by atoms with E-state index in [9.17, 15) is 13.2 Å². The van der Waals surface area contributed by atoms with Gasteiger partial charge in [0, 0.05) is 5.02 Å². The van der Waals surface area contributed by atoms with Crippen molar-refractivity contribution < 1.29 is 17.9 Å². The Kier molecular flexibility index (Phi) is 3.62. The minimum absolute atomic E-state index is 0.0162. The van der Waals surface area contributed by atoms with Gasteiger partial charge >= 0.3 is 6.36 Å². The maximum atomic E-state index is 11.9. The molecule has 1 aromatic rings. The number of nitrogens with zero attached hydrogens (tertiary/aromatic N) is 1. The zero-order chi connectivity index (χ0) is 12.3. The smallest absolute Gasteiger partial charge is 0.406 e. The molecule has 1 atom stereocenters. The number of rotatable bonds is 2. The molecule has 0 radical (unpaired) electrons. The first-order valence-corrected chi connectivity index (χ1v) is 4.41. The summed E-state index contributed by atoms with van der Waals surface area (Å²) in [6.07, 6.45) is -4.81. The minimum atomic E-state index is -4.81. The summed E-state index contributed by atoms with van der Waals surface area (Å²) in [5.41, 5.74) is 5.50. The SMILES string of the molecule is N#CC(N)c1cc(Cl)cc(OC(F)(F)F)c1. The van der Waals surface area contributed by atoms with E-state index in [2.05, 4.69) is 4.74 Å². The van der Waals surface area contributed by atoms with Crippen LogP contribution in [0.2, 0.25) is 5.02 Å². The summed E-state index contributed by atoms with van der Waals surface area (Å²) in [6, 6.07) is 3.95. The van der Waals surface area contributed by atoms with Crippen molar-refractivity contribution in [3.63, 3.8) is 0 Å². The van der Waals surface area contributed by atoms with Crippen LogP contribution in [0.15, 0.2) is 18.2 Å². The highest BCUT2D eigenvalue weighted by atomic mass is 35.5. The second-order valence-electron chi connectivity index (χ2n) is 2.87. The number of nitriles is 1. The number of benzene rings is 1. The third-order valence-corrected chi connectivity index (χ3v) is 1.84. The molecule has 0 saturated heterocycles. The molecule has 0 amide bonds. The molecule has 0 fully saturated rings. The highest BCUT2D eigenvalue weighted by molar-refractivity contribution is 6.30. The number of nitrogens with two attached hydrogens (primary N) is 1. The Morgan fingerprint density at radius 1 is 1.38 bits per heavy atom. The molecule has 1 aromatic carbocycles. The molecule has 3 nitrogen and oxygen atoms in total. The van der Waals surface area contributed by atoms with Crippen LogP contribution in [0.3, 0.4) is 0 Å². The number of hydrogen-bond donors (Lipinski definition) is 1. The summed E-state index contributed by atoms with van der Waals surface area (Å²) in [5.74, 6) is -0.499. The Morgan fingerprint density at radius 2 is 2.00 bits per heavy atom. The molecule has 0 heterocycles. The van der Waals surface area contributed by atoms with E-state index >= 15 is 0 Å². The van der Waals surface area contributed by atoms with Gasteiger partial charge in [-0.15, -0.1) is 13.2 Å². The summed E-state index contributed by atoms with van der Waals surface area (Å²) in [6.45, 7) is 0. The first-order chi connectivity index (χ1) is 7.31. The Labute approximate surface area is 94.2 Å². The van der Waals surface area contributed by atoms with Crippen LogP contribution in [0.25, 0.3) is 0 Å². The molecule has 0 bridgehead atoms. The summed E-state index contributed by atoms with van der Waals surface area (Å²) in [5, 5.41) is 8.54. The minimum Gasteiger partial charge on any atom is -0.406 e. The molecule has 86 valence electrons. The second kappa shape index (κ2) is 4.60. The number of hydrogen-bond acceptors (Lipinski definition) is 3. The van der Waals surface area contributed by atoms with Gasteiger partial charge in [0.15, 0.2) is 0 Å². The van der Waals surface area contributed by atoms with Crippen LogP contribution < -0.4 is 10.5 Å².